The maximum absolute atomic E-state index is 12.7. The van der Waals surface area contributed by atoms with Crippen LogP contribution in [0.1, 0.15) is 41.4 Å². The van der Waals surface area contributed by atoms with Crippen molar-refractivity contribution in [2.24, 2.45) is 0 Å². The minimum Gasteiger partial charge on any atom is -0.365 e. The number of aryl methyl sites for hydroxylation is 1. The summed E-state index contributed by atoms with van der Waals surface area (Å²) in [5, 5.41) is 0. The zero-order valence-corrected chi connectivity index (χ0v) is 15.4. The molecule has 1 fully saturated rings. The molecule has 138 valence electrons. The second kappa shape index (κ2) is 8.70. The van der Waals surface area contributed by atoms with Gasteiger partial charge in [-0.3, -0.25) is 9.59 Å². The first-order chi connectivity index (χ1) is 12.7. The summed E-state index contributed by atoms with van der Waals surface area (Å²) in [6.07, 6.45) is 5.62. The highest BCUT2D eigenvalue weighted by atomic mass is 16.2. The monoisotopic (exact) mass is 353 g/mol. The van der Waals surface area contributed by atoms with Gasteiger partial charge in [0.2, 0.25) is 5.91 Å². The summed E-state index contributed by atoms with van der Waals surface area (Å²) < 4.78 is 0. The molecule has 1 aliphatic rings. The number of hydrogen-bond donors (Lipinski definition) is 1. The number of nitrogens with zero attached hydrogens (tertiary/aromatic N) is 2. The summed E-state index contributed by atoms with van der Waals surface area (Å²) in [6, 6.07) is 11.8. The van der Waals surface area contributed by atoms with Crippen LogP contribution in [0.2, 0.25) is 0 Å². The van der Waals surface area contributed by atoms with Crippen LogP contribution in [-0.4, -0.2) is 52.8 Å². The summed E-state index contributed by atoms with van der Waals surface area (Å²) in [7, 11) is 0. The summed E-state index contributed by atoms with van der Waals surface area (Å²) >= 11 is 0. The molecule has 2 heterocycles. The Hall–Kier alpha value is -2.56. The quantitative estimate of drug-likeness (QED) is 0.868. The van der Waals surface area contributed by atoms with Gasteiger partial charge in [0.05, 0.1) is 6.42 Å². The summed E-state index contributed by atoms with van der Waals surface area (Å²) in [5.74, 6) is 0.170. The zero-order chi connectivity index (χ0) is 18.4. The van der Waals surface area contributed by atoms with E-state index in [1.54, 1.807) is 0 Å². The van der Waals surface area contributed by atoms with Gasteiger partial charge in [0, 0.05) is 43.6 Å². The van der Waals surface area contributed by atoms with Gasteiger partial charge in [-0.2, -0.15) is 0 Å². The minimum atomic E-state index is 0.0588. The fourth-order valence-corrected chi connectivity index (χ4v) is 3.29. The standard InChI is InChI=1S/C21H27N3O2/c1-2-3-5-17-7-9-18(10-8-17)21(26)24-14-12-23(13-15-24)20(25)16-19-6-4-11-22-19/h4,6-11,22H,2-3,5,12-16H2,1H3. The molecular weight excluding hydrogens is 326 g/mol. The molecule has 0 radical (unpaired) electrons. The highest BCUT2D eigenvalue weighted by molar-refractivity contribution is 5.94. The van der Waals surface area contributed by atoms with Gasteiger partial charge in [0.1, 0.15) is 0 Å². The van der Waals surface area contributed by atoms with E-state index in [1.165, 1.54) is 18.4 Å². The number of carbonyl (C=O) groups excluding carboxylic acids is 2. The average molecular weight is 353 g/mol. The SMILES string of the molecule is CCCCc1ccc(C(=O)N2CCN(C(=O)Cc3ccc[nH]3)CC2)cc1. The van der Waals surface area contributed by atoms with E-state index in [2.05, 4.69) is 24.0 Å². The smallest absolute Gasteiger partial charge is 0.253 e. The molecule has 1 aromatic carbocycles. The minimum absolute atomic E-state index is 0.0588. The maximum atomic E-state index is 12.7. The molecule has 5 heteroatoms. The van der Waals surface area contributed by atoms with E-state index in [0.29, 0.717) is 32.6 Å². The number of aromatic nitrogens is 1. The lowest BCUT2D eigenvalue weighted by Crippen LogP contribution is -2.51. The number of unbranched alkanes of at least 4 members (excludes halogenated alkanes) is 1. The van der Waals surface area contributed by atoms with Crippen LogP contribution in [0, 0.1) is 0 Å². The molecule has 3 rings (SSSR count). The topological polar surface area (TPSA) is 56.4 Å². The third-order valence-electron chi connectivity index (χ3n) is 4.94. The van der Waals surface area contributed by atoms with Crippen LogP contribution in [0.4, 0.5) is 0 Å². The molecule has 1 N–H and O–H groups in total. The van der Waals surface area contributed by atoms with Crippen molar-refractivity contribution in [2.75, 3.05) is 26.2 Å². The molecule has 26 heavy (non-hydrogen) atoms. The Bertz CT molecular complexity index is 714. The molecule has 0 unspecified atom stereocenters. The Labute approximate surface area is 155 Å². The van der Waals surface area contributed by atoms with Crippen molar-refractivity contribution >= 4 is 11.8 Å². The molecule has 0 saturated carbocycles. The second-order valence-corrected chi connectivity index (χ2v) is 6.85. The summed E-state index contributed by atoms with van der Waals surface area (Å²) in [4.78, 5) is 31.8. The van der Waals surface area contributed by atoms with Gasteiger partial charge in [-0.15, -0.1) is 0 Å². The van der Waals surface area contributed by atoms with Gasteiger partial charge < -0.3 is 14.8 Å². The molecule has 0 atom stereocenters. The van der Waals surface area contributed by atoms with Crippen LogP contribution >= 0.6 is 0 Å². The Morgan fingerprint density at radius 2 is 1.69 bits per heavy atom. The summed E-state index contributed by atoms with van der Waals surface area (Å²) in [6.45, 7) is 4.56. The first kappa shape index (κ1) is 18.2. The molecule has 0 aliphatic carbocycles. The Balaban J connectivity index is 1.50. The van der Waals surface area contributed by atoms with Gasteiger partial charge in [-0.05, 0) is 42.7 Å². The molecular formula is C21H27N3O2. The van der Waals surface area contributed by atoms with Crippen LogP contribution in [0.15, 0.2) is 42.6 Å². The number of piperazine rings is 1. The van der Waals surface area contributed by atoms with Crippen molar-refractivity contribution in [1.29, 1.82) is 0 Å². The van der Waals surface area contributed by atoms with Crippen LogP contribution in [0.3, 0.4) is 0 Å². The zero-order valence-electron chi connectivity index (χ0n) is 15.4. The van der Waals surface area contributed by atoms with Gasteiger partial charge >= 0.3 is 0 Å². The highest BCUT2D eigenvalue weighted by Crippen LogP contribution is 2.13. The van der Waals surface area contributed by atoms with Crippen molar-refractivity contribution in [3.8, 4) is 0 Å². The molecule has 2 amide bonds. The lowest BCUT2D eigenvalue weighted by atomic mass is 10.1. The van der Waals surface area contributed by atoms with Gasteiger partial charge in [0.25, 0.3) is 5.91 Å². The van der Waals surface area contributed by atoms with Crippen molar-refractivity contribution in [3.05, 3.63) is 59.4 Å². The molecule has 0 bridgehead atoms. The first-order valence-corrected chi connectivity index (χ1v) is 9.45. The van der Waals surface area contributed by atoms with E-state index in [9.17, 15) is 9.59 Å². The van der Waals surface area contributed by atoms with E-state index in [4.69, 9.17) is 0 Å². The first-order valence-electron chi connectivity index (χ1n) is 9.45. The van der Waals surface area contributed by atoms with Gasteiger partial charge in [-0.1, -0.05) is 25.5 Å². The third kappa shape index (κ3) is 4.54. The fourth-order valence-electron chi connectivity index (χ4n) is 3.29. The normalized spacial score (nSPS) is 14.5. The van der Waals surface area contributed by atoms with Crippen LogP contribution < -0.4 is 0 Å². The van der Waals surface area contributed by atoms with Crippen LogP contribution in [0.25, 0.3) is 0 Å². The number of amides is 2. The molecule has 2 aromatic rings. The number of rotatable bonds is 6. The van der Waals surface area contributed by atoms with E-state index < -0.39 is 0 Å². The maximum Gasteiger partial charge on any atom is 0.253 e. The second-order valence-electron chi connectivity index (χ2n) is 6.85. The molecule has 0 spiro atoms. The third-order valence-corrected chi connectivity index (χ3v) is 4.94. The molecule has 1 saturated heterocycles. The number of benzene rings is 1. The number of aromatic amines is 1. The molecule has 5 nitrogen and oxygen atoms in total. The van der Waals surface area contributed by atoms with Crippen LogP contribution in [0.5, 0.6) is 0 Å². The van der Waals surface area contributed by atoms with Crippen molar-refractivity contribution < 1.29 is 9.59 Å². The van der Waals surface area contributed by atoms with E-state index in [-0.39, 0.29) is 11.8 Å². The predicted octanol–water partition coefficient (Wildman–Crippen LogP) is 2.88. The number of H-pyrrole nitrogens is 1. The van der Waals surface area contributed by atoms with E-state index in [0.717, 1.165) is 17.7 Å². The number of nitrogens with one attached hydrogen (secondary N) is 1. The summed E-state index contributed by atoms with van der Waals surface area (Å²) in [5.41, 5.74) is 2.94. The fraction of sp³-hybridized carbons (Fsp3) is 0.429. The highest BCUT2D eigenvalue weighted by Gasteiger charge is 2.24. The molecule has 1 aromatic heterocycles. The van der Waals surface area contributed by atoms with Crippen molar-refractivity contribution in [2.45, 2.75) is 32.6 Å². The number of carbonyl (C=O) groups is 2. The van der Waals surface area contributed by atoms with E-state index in [1.807, 2.05) is 40.3 Å². The van der Waals surface area contributed by atoms with Gasteiger partial charge in [0.15, 0.2) is 0 Å². The van der Waals surface area contributed by atoms with Crippen LogP contribution in [-0.2, 0) is 17.6 Å². The largest absolute Gasteiger partial charge is 0.365 e. The van der Waals surface area contributed by atoms with Gasteiger partial charge in [-0.25, -0.2) is 0 Å². The number of hydrogen-bond acceptors (Lipinski definition) is 2. The Kier molecular flexibility index (Phi) is 6.10. The van der Waals surface area contributed by atoms with E-state index >= 15 is 0 Å². The predicted molar refractivity (Wildman–Crippen MR) is 102 cm³/mol. The van der Waals surface area contributed by atoms with Crippen molar-refractivity contribution in [3.63, 3.8) is 0 Å². The Morgan fingerprint density at radius 3 is 2.31 bits per heavy atom. The average Bonchev–Trinajstić information content (AvgIpc) is 3.19. The lowest BCUT2D eigenvalue weighted by Gasteiger charge is -2.34. The molecule has 1 aliphatic heterocycles. The Morgan fingerprint density at radius 1 is 1.00 bits per heavy atom. The van der Waals surface area contributed by atoms with Crippen molar-refractivity contribution in [1.82, 2.24) is 14.8 Å². The lowest BCUT2D eigenvalue weighted by molar-refractivity contribution is -0.132.